The zero-order valence-corrected chi connectivity index (χ0v) is 19.3. The maximum Gasteiger partial charge on any atom is 0.341 e. The Hall–Kier alpha value is -2.43. The van der Waals surface area contributed by atoms with E-state index in [2.05, 4.69) is 15.5 Å². The van der Waals surface area contributed by atoms with Crippen molar-refractivity contribution in [2.45, 2.75) is 37.3 Å². The molecule has 0 spiro atoms. The first-order valence-electron chi connectivity index (χ1n) is 9.84. The number of nitrogens with one attached hydrogen (secondary N) is 1. The van der Waals surface area contributed by atoms with E-state index in [9.17, 15) is 9.59 Å². The molecule has 0 atom stereocenters. The van der Waals surface area contributed by atoms with Crippen molar-refractivity contribution in [2.24, 2.45) is 0 Å². The van der Waals surface area contributed by atoms with E-state index in [0.717, 1.165) is 54.3 Å². The molecule has 3 aromatic rings. The van der Waals surface area contributed by atoms with Crippen LogP contribution in [0.1, 0.15) is 50.8 Å². The van der Waals surface area contributed by atoms with Crippen molar-refractivity contribution in [3.8, 4) is 0 Å². The van der Waals surface area contributed by atoms with Crippen LogP contribution in [0.15, 0.2) is 27.2 Å². The molecule has 3 aromatic heterocycles. The first-order valence-corrected chi connectivity index (χ1v) is 12.5. The van der Waals surface area contributed by atoms with E-state index >= 15 is 0 Å². The van der Waals surface area contributed by atoms with Crippen molar-refractivity contribution >= 4 is 63.5 Å². The number of aromatic nitrogens is 2. The summed E-state index contributed by atoms with van der Waals surface area (Å²) in [4.78, 5) is 27.2. The molecule has 0 bridgehead atoms. The molecule has 0 aromatic carbocycles. The number of amides is 1. The minimum absolute atomic E-state index is 0.0967. The molecule has 7 nitrogen and oxygen atoms in total. The van der Waals surface area contributed by atoms with Crippen LogP contribution in [-0.4, -0.2) is 34.9 Å². The first-order chi connectivity index (χ1) is 15.1. The number of hydrogen-bond donors (Lipinski definition) is 1. The van der Waals surface area contributed by atoms with Crippen molar-refractivity contribution in [2.75, 3.05) is 18.2 Å². The van der Waals surface area contributed by atoms with Crippen LogP contribution in [0.5, 0.6) is 0 Å². The van der Waals surface area contributed by atoms with Gasteiger partial charge < -0.3 is 14.5 Å². The minimum Gasteiger partial charge on any atom is -0.465 e. The van der Waals surface area contributed by atoms with Crippen LogP contribution in [0.25, 0.3) is 12.2 Å². The Morgan fingerprint density at radius 1 is 1.26 bits per heavy atom. The zero-order valence-electron chi connectivity index (χ0n) is 16.9. The summed E-state index contributed by atoms with van der Waals surface area (Å²) in [5, 5.41) is 13.7. The number of hydrogen-bond acceptors (Lipinski definition) is 9. The Morgan fingerprint density at radius 2 is 2.13 bits per heavy atom. The number of ether oxygens (including phenoxy) is 1. The van der Waals surface area contributed by atoms with Crippen LogP contribution in [0.2, 0.25) is 0 Å². The number of esters is 1. The van der Waals surface area contributed by atoms with Crippen molar-refractivity contribution in [1.29, 1.82) is 0 Å². The minimum atomic E-state index is -0.401. The van der Waals surface area contributed by atoms with Gasteiger partial charge in [-0.15, -0.1) is 32.9 Å². The third-order valence-corrected chi connectivity index (χ3v) is 7.61. The largest absolute Gasteiger partial charge is 0.465 e. The number of thiophene rings is 2. The number of carbonyl (C=O) groups is 2. The Bertz CT molecular complexity index is 1090. The Morgan fingerprint density at radius 3 is 2.94 bits per heavy atom. The molecule has 1 amide bonds. The number of rotatable bonds is 7. The van der Waals surface area contributed by atoms with Gasteiger partial charge in [0.15, 0.2) is 0 Å². The summed E-state index contributed by atoms with van der Waals surface area (Å²) in [5.74, 6) is -0.160. The second-order valence-corrected chi connectivity index (χ2v) is 9.86. The SMILES string of the molecule is COC(=O)c1c(NC(=O)CSc2nnc(/C=C/c3cccs3)o2)sc2c1CCCCC2. The molecule has 0 unspecified atom stereocenters. The summed E-state index contributed by atoms with van der Waals surface area (Å²) < 4.78 is 10.5. The summed E-state index contributed by atoms with van der Waals surface area (Å²) >= 11 is 4.24. The first kappa shape index (κ1) is 21.8. The fourth-order valence-corrected chi connectivity index (χ4v) is 5.81. The molecule has 3 heterocycles. The highest BCUT2D eigenvalue weighted by Crippen LogP contribution is 2.38. The van der Waals surface area contributed by atoms with E-state index in [1.54, 1.807) is 17.4 Å². The van der Waals surface area contributed by atoms with E-state index in [0.29, 0.717) is 21.7 Å². The van der Waals surface area contributed by atoms with Gasteiger partial charge >= 0.3 is 5.97 Å². The number of aryl methyl sites for hydroxylation is 1. The van der Waals surface area contributed by atoms with Gasteiger partial charge in [0.1, 0.15) is 5.00 Å². The van der Waals surface area contributed by atoms with Crippen LogP contribution < -0.4 is 5.32 Å². The monoisotopic (exact) mass is 475 g/mol. The lowest BCUT2D eigenvalue weighted by atomic mass is 10.1. The van der Waals surface area contributed by atoms with E-state index < -0.39 is 5.97 Å². The zero-order chi connectivity index (χ0) is 21.6. The van der Waals surface area contributed by atoms with Crippen LogP contribution in [0.3, 0.4) is 0 Å². The molecule has 0 saturated carbocycles. The molecule has 4 rings (SSSR count). The summed E-state index contributed by atoms with van der Waals surface area (Å²) in [6, 6.07) is 3.96. The lowest BCUT2D eigenvalue weighted by Gasteiger charge is -2.07. The van der Waals surface area contributed by atoms with E-state index in [1.807, 2.05) is 23.6 Å². The highest BCUT2D eigenvalue weighted by atomic mass is 32.2. The molecule has 10 heteroatoms. The lowest BCUT2D eigenvalue weighted by Crippen LogP contribution is -2.16. The molecule has 162 valence electrons. The topological polar surface area (TPSA) is 94.3 Å². The molecule has 1 aliphatic rings. The number of thioether (sulfide) groups is 1. The fraction of sp³-hybridized carbons (Fsp3) is 0.333. The van der Waals surface area contributed by atoms with E-state index in [-0.39, 0.29) is 11.7 Å². The standard InChI is InChI=1S/C21H21N3O4S3/c1-27-20(26)18-14-7-3-2-4-8-15(14)31-19(18)22-16(25)12-30-21-24-23-17(28-21)10-9-13-6-5-11-29-13/h5-6,9-11H,2-4,7-8,12H2,1H3,(H,22,25)/b10-9+. The molecule has 1 N–H and O–H groups in total. The van der Waals surface area contributed by atoms with Crippen molar-refractivity contribution < 1.29 is 18.7 Å². The number of anilines is 1. The highest BCUT2D eigenvalue weighted by Gasteiger charge is 2.26. The van der Waals surface area contributed by atoms with Gasteiger partial charge in [-0.2, -0.15) is 0 Å². The summed E-state index contributed by atoms with van der Waals surface area (Å²) in [5.41, 5.74) is 1.53. The summed E-state index contributed by atoms with van der Waals surface area (Å²) in [7, 11) is 1.37. The van der Waals surface area contributed by atoms with Gasteiger partial charge in [-0.3, -0.25) is 4.79 Å². The smallest absolute Gasteiger partial charge is 0.341 e. The van der Waals surface area contributed by atoms with Crippen LogP contribution in [-0.2, 0) is 22.4 Å². The maximum atomic E-state index is 12.5. The van der Waals surface area contributed by atoms with Crippen molar-refractivity contribution in [3.05, 3.63) is 44.3 Å². The average Bonchev–Trinajstić information content (AvgIpc) is 3.48. The Kier molecular flexibility index (Phi) is 7.21. The van der Waals surface area contributed by atoms with E-state index in [4.69, 9.17) is 9.15 Å². The molecular weight excluding hydrogens is 454 g/mol. The second-order valence-electron chi connectivity index (χ2n) is 6.85. The van der Waals surface area contributed by atoms with Gasteiger partial charge in [-0.1, -0.05) is 24.2 Å². The number of fused-ring (bicyclic) bond motifs is 1. The van der Waals surface area contributed by atoms with Crippen molar-refractivity contribution in [3.63, 3.8) is 0 Å². The third-order valence-electron chi connectivity index (χ3n) is 4.75. The highest BCUT2D eigenvalue weighted by molar-refractivity contribution is 7.99. The molecular formula is C21H21N3O4S3. The molecule has 31 heavy (non-hydrogen) atoms. The second kappa shape index (κ2) is 10.3. The molecule has 0 saturated heterocycles. The quantitative estimate of drug-likeness (QED) is 0.287. The molecule has 0 radical (unpaired) electrons. The molecule has 0 aliphatic heterocycles. The van der Waals surface area contributed by atoms with Gasteiger partial charge in [0, 0.05) is 15.8 Å². The van der Waals surface area contributed by atoms with Gasteiger partial charge in [-0.05, 0) is 48.8 Å². The van der Waals surface area contributed by atoms with Gasteiger partial charge in [-0.25, -0.2) is 4.79 Å². The lowest BCUT2D eigenvalue weighted by molar-refractivity contribution is -0.113. The predicted octanol–water partition coefficient (Wildman–Crippen LogP) is 5.15. The maximum absolute atomic E-state index is 12.5. The predicted molar refractivity (Wildman–Crippen MR) is 124 cm³/mol. The normalized spacial score (nSPS) is 13.7. The fourth-order valence-electron chi connectivity index (χ4n) is 3.32. The summed E-state index contributed by atoms with van der Waals surface area (Å²) in [6.45, 7) is 0. The van der Waals surface area contributed by atoms with Crippen LogP contribution in [0.4, 0.5) is 5.00 Å². The van der Waals surface area contributed by atoms with Gasteiger partial charge in [0.2, 0.25) is 11.8 Å². The number of carbonyl (C=O) groups excluding carboxylic acids is 2. The van der Waals surface area contributed by atoms with Gasteiger partial charge in [0.05, 0.1) is 18.4 Å². The van der Waals surface area contributed by atoms with Gasteiger partial charge in [0.25, 0.3) is 5.22 Å². The molecule has 1 aliphatic carbocycles. The van der Waals surface area contributed by atoms with E-state index in [1.165, 1.54) is 23.3 Å². The number of methoxy groups -OCH3 is 1. The summed E-state index contributed by atoms with van der Waals surface area (Å²) in [6.07, 6.45) is 8.69. The Labute approximate surface area is 191 Å². The molecule has 0 fully saturated rings. The average molecular weight is 476 g/mol. The number of nitrogens with zero attached hydrogens (tertiary/aromatic N) is 2. The Balaban J connectivity index is 1.39. The van der Waals surface area contributed by atoms with Crippen molar-refractivity contribution in [1.82, 2.24) is 10.2 Å². The third kappa shape index (κ3) is 5.44. The van der Waals surface area contributed by atoms with Crippen LogP contribution >= 0.6 is 34.4 Å². The van der Waals surface area contributed by atoms with Crippen LogP contribution in [0, 0.1) is 0 Å².